The molecular formula is C21H16F3NO3. The van der Waals surface area contributed by atoms with Crippen molar-refractivity contribution < 1.29 is 27.1 Å². The third-order valence-electron chi connectivity index (χ3n) is 4.62. The first-order valence-electron chi connectivity index (χ1n) is 8.69. The highest BCUT2D eigenvalue weighted by Crippen LogP contribution is 2.43. The maximum Gasteiger partial charge on any atom is 0.417 e. The molecule has 0 saturated heterocycles. The van der Waals surface area contributed by atoms with E-state index in [1.807, 2.05) is 6.07 Å². The topological polar surface area (TPSA) is 51.5 Å². The van der Waals surface area contributed by atoms with Crippen molar-refractivity contribution in [1.82, 2.24) is 5.32 Å². The molecule has 3 aromatic rings. The van der Waals surface area contributed by atoms with Gasteiger partial charge in [0.2, 0.25) is 0 Å². The van der Waals surface area contributed by atoms with Crippen molar-refractivity contribution in [2.24, 2.45) is 0 Å². The molecule has 0 bridgehead atoms. The van der Waals surface area contributed by atoms with E-state index in [1.165, 1.54) is 24.7 Å². The molecule has 1 amide bonds. The van der Waals surface area contributed by atoms with E-state index in [4.69, 9.17) is 9.15 Å². The molecule has 7 heteroatoms. The molecule has 0 aliphatic carbocycles. The second kappa shape index (κ2) is 7.07. The number of ether oxygens (including phenoxy) is 1. The average molecular weight is 387 g/mol. The van der Waals surface area contributed by atoms with Crippen LogP contribution in [0.1, 0.15) is 21.5 Å². The Balaban J connectivity index is 1.56. The van der Waals surface area contributed by atoms with E-state index in [-0.39, 0.29) is 24.1 Å². The van der Waals surface area contributed by atoms with E-state index in [2.05, 4.69) is 5.32 Å². The van der Waals surface area contributed by atoms with Crippen LogP contribution in [0.25, 0.3) is 11.1 Å². The molecule has 1 atom stereocenters. The number of carbonyl (C=O) groups is 1. The van der Waals surface area contributed by atoms with E-state index < -0.39 is 11.7 Å². The zero-order chi connectivity index (χ0) is 19.7. The smallest absolute Gasteiger partial charge is 0.417 e. The minimum atomic E-state index is -4.46. The fourth-order valence-corrected chi connectivity index (χ4v) is 3.33. The lowest BCUT2D eigenvalue weighted by atomic mass is 9.96. The number of carbonyl (C=O) groups excluding carboxylic acids is 1. The number of alkyl halides is 3. The van der Waals surface area contributed by atoms with Crippen LogP contribution in [-0.4, -0.2) is 18.6 Å². The number of hydrogen-bond acceptors (Lipinski definition) is 3. The normalized spacial score (nSPS) is 15.8. The maximum atomic E-state index is 13.4. The molecule has 4 rings (SSSR count). The van der Waals surface area contributed by atoms with Gasteiger partial charge in [0, 0.05) is 12.0 Å². The maximum absolute atomic E-state index is 13.4. The van der Waals surface area contributed by atoms with Gasteiger partial charge in [-0.3, -0.25) is 4.79 Å². The van der Waals surface area contributed by atoms with Crippen molar-refractivity contribution in [2.45, 2.75) is 18.7 Å². The van der Waals surface area contributed by atoms with Gasteiger partial charge in [-0.1, -0.05) is 36.4 Å². The van der Waals surface area contributed by atoms with Gasteiger partial charge in [0.15, 0.2) is 0 Å². The van der Waals surface area contributed by atoms with Crippen molar-refractivity contribution >= 4 is 5.91 Å². The summed E-state index contributed by atoms with van der Waals surface area (Å²) in [5.74, 6) is 0.137. The molecule has 144 valence electrons. The number of halogens is 3. The fourth-order valence-electron chi connectivity index (χ4n) is 3.33. The number of hydrogen-bond donors (Lipinski definition) is 1. The summed E-state index contributed by atoms with van der Waals surface area (Å²) in [6.07, 6.45) is -1.57. The van der Waals surface area contributed by atoms with Crippen molar-refractivity contribution in [3.63, 3.8) is 0 Å². The minimum Gasteiger partial charge on any atom is -0.487 e. The Labute approximate surface area is 158 Å². The SMILES string of the molecule is O=C(NC[C@@H]1Cc2cccc(-c3ccccc3C(F)(F)F)c2O1)c1ccoc1. The van der Waals surface area contributed by atoms with E-state index in [0.29, 0.717) is 23.3 Å². The molecule has 2 aromatic carbocycles. The van der Waals surface area contributed by atoms with Gasteiger partial charge in [-0.2, -0.15) is 13.2 Å². The summed E-state index contributed by atoms with van der Waals surface area (Å²) < 4.78 is 51.0. The third kappa shape index (κ3) is 3.47. The highest BCUT2D eigenvalue weighted by Gasteiger charge is 2.35. The molecule has 4 nitrogen and oxygen atoms in total. The summed E-state index contributed by atoms with van der Waals surface area (Å²) in [5, 5.41) is 2.75. The lowest BCUT2D eigenvalue weighted by Gasteiger charge is -2.16. The quantitative estimate of drug-likeness (QED) is 0.706. The molecule has 0 radical (unpaired) electrons. The van der Waals surface area contributed by atoms with Gasteiger partial charge < -0.3 is 14.5 Å². The Morgan fingerprint density at radius 3 is 2.61 bits per heavy atom. The molecule has 1 aliphatic heterocycles. The van der Waals surface area contributed by atoms with Gasteiger partial charge in [0.25, 0.3) is 5.91 Å². The van der Waals surface area contributed by atoms with Crippen LogP contribution in [0.4, 0.5) is 13.2 Å². The van der Waals surface area contributed by atoms with Crippen molar-refractivity contribution in [1.29, 1.82) is 0 Å². The molecule has 1 aromatic heterocycles. The van der Waals surface area contributed by atoms with Gasteiger partial charge in [-0.15, -0.1) is 0 Å². The Morgan fingerprint density at radius 1 is 1.07 bits per heavy atom. The number of nitrogens with one attached hydrogen (secondary N) is 1. The number of para-hydroxylation sites is 1. The van der Waals surface area contributed by atoms with Crippen LogP contribution >= 0.6 is 0 Å². The third-order valence-corrected chi connectivity index (χ3v) is 4.62. The van der Waals surface area contributed by atoms with E-state index in [9.17, 15) is 18.0 Å². The van der Waals surface area contributed by atoms with E-state index >= 15 is 0 Å². The number of furan rings is 1. The Morgan fingerprint density at radius 2 is 1.86 bits per heavy atom. The largest absolute Gasteiger partial charge is 0.487 e. The van der Waals surface area contributed by atoms with Crippen LogP contribution in [0.3, 0.4) is 0 Å². The highest BCUT2D eigenvalue weighted by atomic mass is 19.4. The second-order valence-electron chi connectivity index (χ2n) is 6.50. The monoisotopic (exact) mass is 387 g/mol. The lowest BCUT2D eigenvalue weighted by molar-refractivity contribution is -0.137. The van der Waals surface area contributed by atoms with E-state index in [1.54, 1.807) is 24.3 Å². The zero-order valence-corrected chi connectivity index (χ0v) is 14.6. The summed E-state index contributed by atoms with van der Waals surface area (Å²) in [4.78, 5) is 12.0. The van der Waals surface area contributed by atoms with Crippen LogP contribution in [0.15, 0.2) is 65.5 Å². The van der Waals surface area contributed by atoms with Crippen LogP contribution < -0.4 is 10.1 Å². The summed E-state index contributed by atoms with van der Waals surface area (Å²) in [6.45, 7) is 0.235. The number of amides is 1. The Hall–Kier alpha value is -3.22. The zero-order valence-electron chi connectivity index (χ0n) is 14.6. The van der Waals surface area contributed by atoms with Crippen LogP contribution in [0.5, 0.6) is 5.75 Å². The van der Waals surface area contributed by atoms with E-state index in [0.717, 1.165) is 11.6 Å². The Kier molecular flexibility index (Phi) is 4.58. The Bertz CT molecular complexity index is 996. The van der Waals surface area contributed by atoms with Crippen LogP contribution in [0.2, 0.25) is 0 Å². The molecular weight excluding hydrogens is 371 g/mol. The van der Waals surface area contributed by atoms with Crippen molar-refractivity contribution in [3.05, 3.63) is 77.7 Å². The summed E-state index contributed by atoms with van der Waals surface area (Å²) in [6, 6.07) is 12.2. The minimum absolute atomic E-state index is 0.0786. The first-order chi connectivity index (χ1) is 13.4. The first kappa shape index (κ1) is 18.2. The number of benzene rings is 2. The van der Waals surface area contributed by atoms with Crippen LogP contribution in [-0.2, 0) is 12.6 Å². The molecule has 0 unspecified atom stereocenters. The van der Waals surface area contributed by atoms with Crippen molar-refractivity contribution in [3.8, 4) is 16.9 Å². The molecule has 28 heavy (non-hydrogen) atoms. The van der Waals surface area contributed by atoms with Crippen molar-refractivity contribution in [2.75, 3.05) is 6.54 Å². The lowest BCUT2D eigenvalue weighted by Crippen LogP contribution is -2.34. The average Bonchev–Trinajstić information content (AvgIpc) is 3.34. The summed E-state index contributed by atoms with van der Waals surface area (Å²) in [7, 11) is 0. The molecule has 2 heterocycles. The number of fused-ring (bicyclic) bond motifs is 1. The van der Waals surface area contributed by atoms with Gasteiger partial charge in [-0.25, -0.2) is 0 Å². The molecule has 0 spiro atoms. The van der Waals surface area contributed by atoms with Crippen LogP contribution in [0, 0.1) is 0 Å². The fraction of sp³-hybridized carbons (Fsp3) is 0.190. The standard InChI is InChI=1S/C21H16F3NO3/c22-21(23,24)18-7-2-1-5-16(18)17-6-3-4-13-10-15(28-19(13)17)11-25-20(26)14-8-9-27-12-14/h1-9,12,15H,10-11H2,(H,25,26)/t15-/m0/s1. The summed E-state index contributed by atoms with van der Waals surface area (Å²) in [5.41, 5.74) is 0.986. The van der Waals surface area contributed by atoms with Gasteiger partial charge in [0.05, 0.1) is 23.9 Å². The summed E-state index contributed by atoms with van der Waals surface area (Å²) >= 11 is 0. The predicted molar refractivity (Wildman–Crippen MR) is 96.0 cm³/mol. The number of rotatable bonds is 4. The second-order valence-corrected chi connectivity index (χ2v) is 6.50. The first-order valence-corrected chi connectivity index (χ1v) is 8.69. The van der Waals surface area contributed by atoms with Gasteiger partial charge in [-0.05, 0) is 23.3 Å². The van der Waals surface area contributed by atoms with Gasteiger partial charge in [0.1, 0.15) is 18.1 Å². The van der Waals surface area contributed by atoms with Gasteiger partial charge >= 0.3 is 6.18 Å². The highest BCUT2D eigenvalue weighted by molar-refractivity contribution is 5.93. The molecule has 1 N–H and O–H groups in total. The molecule has 1 aliphatic rings. The molecule has 0 saturated carbocycles. The molecule has 0 fully saturated rings. The predicted octanol–water partition coefficient (Wildman–Crippen LogP) is 4.70.